The van der Waals surface area contributed by atoms with Gasteiger partial charge in [0.2, 0.25) is 0 Å². The first kappa shape index (κ1) is 14.6. The molecule has 0 aliphatic heterocycles. The Morgan fingerprint density at radius 2 is 1.90 bits per heavy atom. The van der Waals surface area contributed by atoms with Crippen LogP contribution in [-0.4, -0.2) is 11.2 Å². The van der Waals surface area contributed by atoms with Crippen LogP contribution < -0.4 is 5.32 Å². The van der Waals surface area contributed by atoms with E-state index in [0.29, 0.717) is 12.0 Å². The molecule has 0 aliphatic carbocycles. The largest absolute Gasteiger partial charge is 0.373 e. The zero-order valence-corrected chi connectivity index (χ0v) is 11.2. The van der Waals surface area contributed by atoms with Crippen LogP contribution in [0.5, 0.6) is 0 Å². The maximum absolute atomic E-state index is 12.9. The van der Waals surface area contributed by atoms with Crippen LogP contribution in [0.2, 0.25) is 0 Å². The number of carbonyl (C=O) groups excluding carboxylic acids is 1. The second-order valence-electron chi connectivity index (χ2n) is 4.57. The molecule has 0 heterocycles. The fourth-order valence-corrected chi connectivity index (χ4v) is 1.96. The number of nitrogens with one attached hydrogen (secondary N) is 1. The highest BCUT2D eigenvalue weighted by atomic mass is 19.1. The summed E-state index contributed by atoms with van der Waals surface area (Å²) in [7, 11) is 0. The van der Waals surface area contributed by atoms with Gasteiger partial charge in [0.05, 0.1) is 4.92 Å². The van der Waals surface area contributed by atoms with Gasteiger partial charge in [-0.25, -0.2) is 4.39 Å². The summed E-state index contributed by atoms with van der Waals surface area (Å²) in [4.78, 5) is 21.2. The molecule has 108 valence electrons. The Morgan fingerprint density at radius 1 is 1.24 bits per heavy atom. The number of benzene rings is 2. The number of anilines is 1. The van der Waals surface area contributed by atoms with E-state index in [4.69, 9.17) is 0 Å². The number of nitro groups is 1. The zero-order valence-electron chi connectivity index (χ0n) is 11.2. The van der Waals surface area contributed by atoms with E-state index in [1.165, 1.54) is 30.3 Å². The lowest BCUT2D eigenvalue weighted by atomic mass is 10.1. The number of aldehydes is 1. The monoisotopic (exact) mass is 288 g/mol. The molecule has 0 aliphatic rings. The summed E-state index contributed by atoms with van der Waals surface area (Å²) in [6, 6.07) is 9.84. The minimum Gasteiger partial charge on any atom is -0.373 e. The predicted molar refractivity (Wildman–Crippen MR) is 76.9 cm³/mol. The SMILES string of the molecule is C[C@H](Nc1ccc(C=O)cc1[N+](=O)[O-])c1ccc(F)cc1. The first-order valence-corrected chi connectivity index (χ1v) is 6.27. The van der Waals surface area contributed by atoms with Crippen molar-refractivity contribution in [2.45, 2.75) is 13.0 Å². The highest BCUT2D eigenvalue weighted by Gasteiger charge is 2.16. The Hall–Kier alpha value is -2.76. The molecule has 0 saturated heterocycles. The highest BCUT2D eigenvalue weighted by molar-refractivity contribution is 5.79. The first-order valence-electron chi connectivity index (χ1n) is 6.27. The van der Waals surface area contributed by atoms with Gasteiger partial charge in [0, 0.05) is 17.7 Å². The van der Waals surface area contributed by atoms with Crippen molar-refractivity contribution in [3.05, 3.63) is 69.5 Å². The Labute approximate surface area is 120 Å². The standard InChI is InChI=1S/C15H13FN2O3/c1-10(12-3-5-13(16)6-4-12)17-14-7-2-11(9-19)8-15(14)18(20)21/h2-10,17H,1H3/t10-/m0/s1. The van der Waals surface area contributed by atoms with Crippen molar-refractivity contribution < 1.29 is 14.1 Å². The molecule has 2 rings (SSSR count). The van der Waals surface area contributed by atoms with Crippen molar-refractivity contribution in [2.75, 3.05) is 5.32 Å². The van der Waals surface area contributed by atoms with E-state index in [-0.39, 0.29) is 23.1 Å². The number of halogens is 1. The minimum atomic E-state index is -0.549. The lowest BCUT2D eigenvalue weighted by Gasteiger charge is -2.16. The van der Waals surface area contributed by atoms with Gasteiger partial charge in [0.1, 0.15) is 17.8 Å². The van der Waals surface area contributed by atoms with Gasteiger partial charge >= 0.3 is 0 Å². The summed E-state index contributed by atoms with van der Waals surface area (Å²) in [6.07, 6.45) is 0.556. The van der Waals surface area contributed by atoms with Crippen LogP contribution in [0.15, 0.2) is 42.5 Å². The molecule has 2 aromatic rings. The Kier molecular flexibility index (Phi) is 4.27. The van der Waals surface area contributed by atoms with Crippen molar-refractivity contribution in [1.29, 1.82) is 0 Å². The van der Waals surface area contributed by atoms with Crippen LogP contribution in [0.4, 0.5) is 15.8 Å². The molecule has 0 radical (unpaired) electrons. The molecule has 0 amide bonds. The fourth-order valence-electron chi connectivity index (χ4n) is 1.96. The molecule has 0 spiro atoms. The molecule has 2 aromatic carbocycles. The topological polar surface area (TPSA) is 72.2 Å². The molecule has 0 aromatic heterocycles. The summed E-state index contributed by atoms with van der Waals surface area (Å²) in [5.41, 5.74) is 1.17. The van der Waals surface area contributed by atoms with Crippen molar-refractivity contribution in [3.8, 4) is 0 Å². The van der Waals surface area contributed by atoms with Crippen LogP contribution in [0.25, 0.3) is 0 Å². The molecule has 1 N–H and O–H groups in total. The Morgan fingerprint density at radius 3 is 2.48 bits per heavy atom. The number of nitrogens with zero attached hydrogens (tertiary/aromatic N) is 1. The minimum absolute atomic E-state index is 0.173. The summed E-state index contributed by atoms with van der Waals surface area (Å²) in [5, 5.41) is 14.1. The fraction of sp³-hybridized carbons (Fsp3) is 0.133. The van der Waals surface area contributed by atoms with Crippen molar-refractivity contribution in [3.63, 3.8) is 0 Å². The average Bonchev–Trinajstić information content (AvgIpc) is 2.48. The molecule has 6 heteroatoms. The number of carbonyl (C=O) groups is 1. The lowest BCUT2D eigenvalue weighted by molar-refractivity contribution is -0.384. The van der Waals surface area contributed by atoms with Gasteiger partial charge < -0.3 is 5.32 Å². The molecule has 21 heavy (non-hydrogen) atoms. The smallest absolute Gasteiger partial charge is 0.293 e. The van der Waals surface area contributed by atoms with Crippen LogP contribution >= 0.6 is 0 Å². The normalized spacial score (nSPS) is 11.7. The number of hydrogen-bond acceptors (Lipinski definition) is 4. The quantitative estimate of drug-likeness (QED) is 0.517. The molecule has 0 fully saturated rings. The van der Waals surface area contributed by atoms with Gasteiger partial charge in [0.15, 0.2) is 0 Å². The summed E-state index contributed by atoms with van der Waals surface area (Å²) in [6.45, 7) is 1.81. The number of nitro benzene ring substituents is 1. The van der Waals surface area contributed by atoms with Crippen molar-refractivity contribution in [2.24, 2.45) is 0 Å². The maximum Gasteiger partial charge on any atom is 0.293 e. The third-order valence-electron chi connectivity index (χ3n) is 3.10. The molecular weight excluding hydrogens is 275 g/mol. The van der Waals surface area contributed by atoms with Crippen molar-refractivity contribution in [1.82, 2.24) is 0 Å². The number of rotatable bonds is 5. The van der Waals surface area contributed by atoms with Crippen LogP contribution in [0, 0.1) is 15.9 Å². The Balaban J connectivity index is 2.28. The van der Waals surface area contributed by atoms with Crippen LogP contribution in [0.3, 0.4) is 0 Å². The van der Waals surface area contributed by atoms with Gasteiger partial charge in [-0.05, 0) is 36.8 Å². The van der Waals surface area contributed by atoms with Gasteiger partial charge in [-0.3, -0.25) is 14.9 Å². The van der Waals surface area contributed by atoms with E-state index >= 15 is 0 Å². The molecule has 1 atom stereocenters. The highest BCUT2D eigenvalue weighted by Crippen LogP contribution is 2.28. The van der Waals surface area contributed by atoms with Gasteiger partial charge in [0.25, 0.3) is 5.69 Å². The summed E-state index contributed by atoms with van der Waals surface area (Å²) in [5.74, 6) is -0.340. The van der Waals surface area contributed by atoms with E-state index in [0.717, 1.165) is 5.56 Å². The summed E-state index contributed by atoms with van der Waals surface area (Å²) >= 11 is 0. The van der Waals surface area contributed by atoms with E-state index in [1.54, 1.807) is 12.1 Å². The van der Waals surface area contributed by atoms with Gasteiger partial charge in [-0.1, -0.05) is 12.1 Å². The molecule has 0 bridgehead atoms. The first-order chi connectivity index (χ1) is 10.0. The predicted octanol–water partition coefficient (Wildman–Crippen LogP) is 3.72. The molecule has 0 unspecified atom stereocenters. The Bertz CT molecular complexity index is 671. The van der Waals surface area contributed by atoms with E-state index in [2.05, 4.69) is 5.32 Å². The van der Waals surface area contributed by atoms with Gasteiger partial charge in [-0.15, -0.1) is 0 Å². The summed E-state index contributed by atoms with van der Waals surface area (Å²) < 4.78 is 12.9. The van der Waals surface area contributed by atoms with E-state index in [1.807, 2.05) is 6.92 Å². The second kappa shape index (κ2) is 6.13. The third-order valence-corrected chi connectivity index (χ3v) is 3.10. The average molecular weight is 288 g/mol. The van der Waals surface area contributed by atoms with Crippen LogP contribution in [-0.2, 0) is 0 Å². The third kappa shape index (κ3) is 3.42. The van der Waals surface area contributed by atoms with E-state index < -0.39 is 4.92 Å². The molecular formula is C15H13FN2O3. The van der Waals surface area contributed by atoms with Crippen LogP contribution in [0.1, 0.15) is 28.9 Å². The van der Waals surface area contributed by atoms with Gasteiger partial charge in [-0.2, -0.15) is 0 Å². The molecule has 0 saturated carbocycles. The molecule has 5 nitrogen and oxygen atoms in total. The number of hydrogen-bond donors (Lipinski definition) is 1. The second-order valence-corrected chi connectivity index (χ2v) is 4.57. The lowest BCUT2D eigenvalue weighted by Crippen LogP contribution is -2.08. The zero-order chi connectivity index (χ0) is 15.4. The maximum atomic E-state index is 12.9. The van der Waals surface area contributed by atoms with Crippen molar-refractivity contribution >= 4 is 17.7 Å². The van der Waals surface area contributed by atoms with E-state index in [9.17, 15) is 19.3 Å².